The molecule has 1 aliphatic rings. The Labute approximate surface area is 116 Å². The topological polar surface area (TPSA) is 151 Å². The van der Waals surface area contributed by atoms with Gasteiger partial charge in [-0.3, -0.25) is 0 Å². The van der Waals surface area contributed by atoms with E-state index in [0.29, 0.717) is 0 Å². The highest BCUT2D eigenvalue weighted by molar-refractivity contribution is 4.99. The van der Waals surface area contributed by atoms with Crippen molar-refractivity contribution < 1.29 is 40.5 Å². The molecule has 0 spiro atoms. The minimum absolute atomic E-state index is 0.339. The predicted octanol–water partition coefficient (Wildman–Crippen LogP) is -2.94. The Morgan fingerprint density at radius 2 is 1.75 bits per heavy atom. The Morgan fingerprint density at radius 1 is 1.20 bits per heavy atom. The van der Waals surface area contributed by atoms with E-state index in [4.69, 9.17) is 9.84 Å². The van der Waals surface area contributed by atoms with Crippen molar-refractivity contribution in [2.45, 2.75) is 75.2 Å². The fourth-order valence-electron chi connectivity index (χ4n) is 2.32. The molecule has 7 N–H and O–H groups in total. The third-order valence-electron chi connectivity index (χ3n) is 3.84. The van der Waals surface area contributed by atoms with Crippen LogP contribution in [0.4, 0.5) is 0 Å². The van der Waals surface area contributed by atoms with E-state index in [1.807, 2.05) is 0 Å². The van der Waals surface area contributed by atoms with Gasteiger partial charge in [0, 0.05) is 12.8 Å². The van der Waals surface area contributed by atoms with Crippen molar-refractivity contribution in [1.82, 2.24) is 0 Å². The number of aliphatic hydroxyl groups is 7. The quantitative estimate of drug-likeness (QED) is 0.285. The lowest BCUT2D eigenvalue weighted by molar-refractivity contribution is -0.292. The van der Waals surface area contributed by atoms with Gasteiger partial charge in [-0.1, -0.05) is 0 Å². The molecule has 20 heavy (non-hydrogen) atoms. The maximum atomic E-state index is 10.4. The Balaban J connectivity index is 2.72. The van der Waals surface area contributed by atoms with Gasteiger partial charge in [-0.2, -0.15) is 0 Å². The highest BCUT2D eigenvalue weighted by Crippen LogP contribution is 2.33. The third kappa shape index (κ3) is 3.66. The van der Waals surface area contributed by atoms with E-state index in [1.165, 1.54) is 13.8 Å². The molecule has 1 aliphatic heterocycles. The second-order valence-electron chi connectivity index (χ2n) is 5.48. The van der Waals surface area contributed by atoms with Gasteiger partial charge in [-0.05, 0) is 13.8 Å². The van der Waals surface area contributed by atoms with Gasteiger partial charge in [0.1, 0.15) is 17.8 Å². The van der Waals surface area contributed by atoms with E-state index in [1.54, 1.807) is 0 Å². The van der Waals surface area contributed by atoms with Crippen LogP contribution in [0.15, 0.2) is 0 Å². The summed E-state index contributed by atoms with van der Waals surface area (Å²) in [5.41, 5.74) is -1.88. The van der Waals surface area contributed by atoms with Gasteiger partial charge in [0.15, 0.2) is 6.29 Å². The summed E-state index contributed by atoms with van der Waals surface area (Å²) in [6.07, 6.45) is -10.2. The van der Waals surface area contributed by atoms with E-state index in [0.717, 1.165) is 0 Å². The molecule has 0 saturated carbocycles. The van der Waals surface area contributed by atoms with E-state index in [2.05, 4.69) is 0 Å². The van der Waals surface area contributed by atoms with Crippen molar-refractivity contribution in [2.75, 3.05) is 0 Å². The Bertz CT molecular complexity index is 312. The van der Waals surface area contributed by atoms with Gasteiger partial charge < -0.3 is 40.5 Å². The lowest BCUT2D eigenvalue weighted by Crippen LogP contribution is -2.61. The second kappa shape index (κ2) is 6.63. The zero-order valence-electron chi connectivity index (χ0n) is 11.5. The van der Waals surface area contributed by atoms with Gasteiger partial charge in [-0.25, -0.2) is 0 Å². The van der Waals surface area contributed by atoms with Crippen LogP contribution in [0.2, 0.25) is 0 Å². The molecule has 8 heteroatoms. The minimum Gasteiger partial charge on any atom is -0.391 e. The zero-order valence-corrected chi connectivity index (χ0v) is 11.5. The van der Waals surface area contributed by atoms with Crippen LogP contribution in [0.3, 0.4) is 0 Å². The van der Waals surface area contributed by atoms with E-state index in [-0.39, 0.29) is 6.42 Å². The maximum Gasteiger partial charge on any atom is 0.181 e. The normalized spacial score (nSPS) is 41.0. The van der Waals surface area contributed by atoms with Crippen LogP contribution in [0.5, 0.6) is 0 Å². The highest BCUT2D eigenvalue weighted by Gasteiger charge is 2.50. The van der Waals surface area contributed by atoms with Crippen molar-refractivity contribution in [3.8, 4) is 0 Å². The van der Waals surface area contributed by atoms with E-state index >= 15 is 0 Å². The first-order valence-corrected chi connectivity index (χ1v) is 6.55. The lowest BCUT2D eigenvalue weighted by atomic mass is 9.80. The van der Waals surface area contributed by atoms with Crippen molar-refractivity contribution in [3.05, 3.63) is 0 Å². The van der Waals surface area contributed by atoms with Gasteiger partial charge in [0.2, 0.25) is 0 Å². The summed E-state index contributed by atoms with van der Waals surface area (Å²) in [6.45, 7) is 2.69. The van der Waals surface area contributed by atoms with Crippen molar-refractivity contribution >= 4 is 0 Å². The number of rotatable bonds is 5. The molecule has 8 nitrogen and oxygen atoms in total. The first-order chi connectivity index (χ1) is 9.09. The standard InChI is InChI=1S/C12H24O8/c1-5(13)10(17)7(14)3-9(16)12(19)4-8(15)11(18)20-6(12)2/h5-11,13-19H,3-4H2,1-2H3/t5-,6-,7+,8-,9+,10-,11+,12-/m1/s1. The molecule has 0 aromatic rings. The summed E-state index contributed by atoms with van der Waals surface area (Å²) in [7, 11) is 0. The maximum absolute atomic E-state index is 10.4. The fourth-order valence-corrected chi connectivity index (χ4v) is 2.32. The summed E-state index contributed by atoms with van der Waals surface area (Å²) < 4.78 is 4.93. The molecule has 120 valence electrons. The molecule has 1 heterocycles. The molecule has 0 radical (unpaired) electrons. The largest absolute Gasteiger partial charge is 0.391 e. The average molecular weight is 296 g/mol. The minimum atomic E-state index is -1.88. The number of hydrogen-bond donors (Lipinski definition) is 7. The fraction of sp³-hybridized carbons (Fsp3) is 1.00. The van der Waals surface area contributed by atoms with Gasteiger partial charge in [0.05, 0.1) is 24.4 Å². The summed E-state index contributed by atoms with van der Waals surface area (Å²) >= 11 is 0. The molecule has 0 aromatic heterocycles. The van der Waals surface area contributed by atoms with Crippen LogP contribution in [-0.2, 0) is 4.74 Å². The second-order valence-corrected chi connectivity index (χ2v) is 5.48. The summed E-state index contributed by atoms with van der Waals surface area (Å²) in [6, 6.07) is 0. The first kappa shape index (κ1) is 17.7. The summed E-state index contributed by atoms with van der Waals surface area (Å²) in [5, 5.41) is 67.5. The molecular formula is C12H24O8. The van der Waals surface area contributed by atoms with Crippen LogP contribution in [-0.4, -0.2) is 84.3 Å². The molecule has 8 atom stereocenters. The van der Waals surface area contributed by atoms with Crippen molar-refractivity contribution in [2.24, 2.45) is 0 Å². The van der Waals surface area contributed by atoms with E-state index < -0.39 is 54.9 Å². The Kier molecular flexibility index (Phi) is 5.88. The molecule has 0 bridgehead atoms. The lowest BCUT2D eigenvalue weighted by Gasteiger charge is -2.45. The molecule has 0 aromatic carbocycles. The predicted molar refractivity (Wildman–Crippen MR) is 66.4 cm³/mol. The zero-order chi connectivity index (χ0) is 15.7. The Hall–Kier alpha value is -0.320. The molecule has 0 amide bonds. The molecule has 0 aliphatic carbocycles. The van der Waals surface area contributed by atoms with Crippen molar-refractivity contribution in [1.29, 1.82) is 0 Å². The smallest absolute Gasteiger partial charge is 0.181 e. The van der Waals surface area contributed by atoms with Crippen LogP contribution >= 0.6 is 0 Å². The van der Waals surface area contributed by atoms with Crippen LogP contribution < -0.4 is 0 Å². The summed E-state index contributed by atoms with van der Waals surface area (Å²) in [4.78, 5) is 0. The number of aliphatic hydroxyl groups excluding tert-OH is 6. The average Bonchev–Trinajstić information content (AvgIpc) is 2.35. The molecule has 0 unspecified atom stereocenters. The molecule has 1 rings (SSSR count). The molecule has 1 saturated heterocycles. The van der Waals surface area contributed by atoms with Crippen LogP contribution in [0.25, 0.3) is 0 Å². The monoisotopic (exact) mass is 296 g/mol. The number of ether oxygens (including phenoxy) is 1. The van der Waals surface area contributed by atoms with Gasteiger partial charge in [-0.15, -0.1) is 0 Å². The highest BCUT2D eigenvalue weighted by atomic mass is 16.6. The van der Waals surface area contributed by atoms with E-state index in [9.17, 15) is 30.6 Å². The van der Waals surface area contributed by atoms with Crippen LogP contribution in [0.1, 0.15) is 26.7 Å². The first-order valence-electron chi connectivity index (χ1n) is 6.55. The third-order valence-corrected chi connectivity index (χ3v) is 3.84. The Morgan fingerprint density at radius 3 is 2.25 bits per heavy atom. The number of hydrogen-bond acceptors (Lipinski definition) is 8. The van der Waals surface area contributed by atoms with Gasteiger partial charge >= 0.3 is 0 Å². The molecule has 1 fully saturated rings. The van der Waals surface area contributed by atoms with Gasteiger partial charge in [0.25, 0.3) is 0 Å². The van der Waals surface area contributed by atoms with Crippen LogP contribution in [0, 0.1) is 0 Å². The summed E-state index contributed by atoms with van der Waals surface area (Å²) in [5.74, 6) is 0. The van der Waals surface area contributed by atoms with Crippen molar-refractivity contribution in [3.63, 3.8) is 0 Å². The SMILES string of the molecule is C[C@@H](O)[C@@H](O)[C@@H](O)C[C@H](O)[C@@]1(O)C[C@@H](O)[C@@H](O)O[C@@H]1C. The molecular weight excluding hydrogens is 272 g/mol.